The molecule has 3 nitrogen and oxygen atoms in total. The predicted molar refractivity (Wildman–Crippen MR) is 72.7 cm³/mol. The third-order valence-corrected chi connectivity index (χ3v) is 3.36. The maximum absolute atomic E-state index is 9.02. The molecule has 98 valence electrons. The summed E-state index contributed by atoms with van der Waals surface area (Å²) in [4.78, 5) is 0. The van der Waals surface area contributed by atoms with Gasteiger partial charge in [0.2, 0.25) is 0 Å². The van der Waals surface area contributed by atoms with E-state index in [1.165, 1.54) is 5.56 Å². The lowest BCUT2D eigenvalue weighted by Gasteiger charge is -2.20. The third-order valence-electron chi connectivity index (χ3n) is 3.36. The van der Waals surface area contributed by atoms with E-state index >= 15 is 0 Å². The highest BCUT2D eigenvalue weighted by atomic mass is 16.5. The van der Waals surface area contributed by atoms with Crippen LogP contribution in [-0.4, -0.2) is 17.5 Å². The van der Waals surface area contributed by atoms with Crippen LogP contribution < -0.4 is 4.74 Å². The highest BCUT2D eigenvalue weighted by Gasteiger charge is 2.19. The number of ether oxygens (including phenoxy) is 1. The molecule has 0 unspecified atom stereocenters. The lowest BCUT2D eigenvalue weighted by Crippen LogP contribution is -2.14. The van der Waals surface area contributed by atoms with Crippen LogP contribution in [0.15, 0.2) is 23.4 Å². The lowest BCUT2D eigenvalue weighted by molar-refractivity contribution is 0.286. The Labute approximate surface area is 108 Å². The van der Waals surface area contributed by atoms with Crippen LogP contribution in [0.25, 0.3) is 0 Å². The Bertz CT molecular complexity index is 438. The van der Waals surface area contributed by atoms with Crippen LogP contribution in [0.4, 0.5) is 0 Å². The fourth-order valence-corrected chi connectivity index (χ4v) is 2.30. The minimum atomic E-state index is 0.652. The van der Waals surface area contributed by atoms with Crippen molar-refractivity contribution in [2.75, 3.05) is 6.61 Å². The van der Waals surface area contributed by atoms with Gasteiger partial charge < -0.3 is 9.94 Å². The van der Waals surface area contributed by atoms with Gasteiger partial charge in [0, 0.05) is 11.1 Å². The number of hydrogen-bond donors (Lipinski definition) is 1. The Hall–Kier alpha value is -1.51. The zero-order valence-electron chi connectivity index (χ0n) is 11.1. The van der Waals surface area contributed by atoms with E-state index in [-0.39, 0.29) is 0 Å². The van der Waals surface area contributed by atoms with Crippen molar-refractivity contribution in [1.29, 1.82) is 0 Å². The molecular weight excluding hydrogens is 226 g/mol. The molecule has 0 aliphatic heterocycles. The minimum absolute atomic E-state index is 0.652. The topological polar surface area (TPSA) is 41.8 Å². The minimum Gasteiger partial charge on any atom is -0.493 e. The van der Waals surface area contributed by atoms with Crippen LogP contribution >= 0.6 is 0 Å². The molecule has 0 fully saturated rings. The highest BCUT2D eigenvalue weighted by molar-refractivity contribution is 6.02. The molecule has 0 bridgehead atoms. The number of hydrogen-bond acceptors (Lipinski definition) is 3. The van der Waals surface area contributed by atoms with Crippen LogP contribution in [0.1, 0.15) is 44.2 Å². The van der Waals surface area contributed by atoms with Crippen LogP contribution in [0.5, 0.6) is 5.75 Å². The fourth-order valence-electron chi connectivity index (χ4n) is 2.30. The Kier molecular flexibility index (Phi) is 4.24. The number of nitrogens with zero attached hydrogens (tertiary/aromatic N) is 1. The first kappa shape index (κ1) is 12.9. The third kappa shape index (κ3) is 2.84. The average molecular weight is 247 g/mol. The molecule has 1 aliphatic rings. The summed E-state index contributed by atoms with van der Waals surface area (Å²) in [5.74, 6) is 1.60. The van der Waals surface area contributed by atoms with Crippen molar-refractivity contribution in [3.8, 4) is 5.75 Å². The standard InChI is InChI=1S/C15H21NO2/c1-11(2)9-10-18-15-8-4-5-12-13(15)6-3-7-14(12)16-17/h4-5,8,11,17H,3,6-7,9-10H2,1-2H3. The van der Waals surface area contributed by atoms with E-state index in [2.05, 4.69) is 19.0 Å². The van der Waals surface area contributed by atoms with Gasteiger partial charge in [-0.05, 0) is 37.7 Å². The van der Waals surface area contributed by atoms with Gasteiger partial charge in [0.15, 0.2) is 0 Å². The van der Waals surface area contributed by atoms with Crippen LogP contribution in [0, 0.1) is 5.92 Å². The largest absolute Gasteiger partial charge is 0.493 e. The van der Waals surface area contributed by atoms with Crippen molar-refractivity contribution in [3.05, 3.63) is 29.3 Å². The molecule has 2 rings (SSSR count). The van der Waals surface area contributed by atoms with E-state index in [1.54, 1.807) is 0 Å². The molecule has 0 heterocycles. The Morgan fingerprint density at radius 1 is 1.33 bits per heavy atom. The molecule has 1 aromatic rings. The molecule has 1 aliphatic carbocycles. The highest BCUT2D eigenvalue weighted by Crippen LogP contribution is 2.30. The summed E-state index contributed by atoms with van der Waals surface area (Å²) in [6.45, 7) is 5.14. The van der Waals surface area contributed by atoms with E-state index in [0.717, 1.165) is 49.3 Å². The number of rotatable bonds is 4. The molecule has 0 spiro atoms. The molecule has 0 saturated heterocycles. The molecule has 0 amide bonds. The number of fused-ring (bicyclic) bond motifs is 1. The van der Waals surface area contributed by atoms with Gasteiger partial charge in [-0.2, -0.15) is 0 Å². The van der Waals surface area contributed by atoms with Gasteiger partial charge in [-0.15, -0.1) is 0 Å². The molecule has 1 N–H and O–H groups in total. The second-order valence-electron chi connectivity index (χ2n) is 5.21. The summed E-state index contributed by atoms with van der Waals surface area (Å²) in [5.41, 5.74) is 3.02. The second-order valence-corrected chi connectivity index (χ2v) is 5.21. The van der Waals surface area contributed by atoms with Gasteiger partial charge in [-0.3, -0.25) is 0 Å². The SMILES string of the molecule is CC(C)CCOc1cccc2c1CCCC2=NO. The van der Waals surface area contributed by atoms with Gasteiger partial charge >= 0.3 is 0 Å². The van der Waals surface area contributed by atoms with Crippen molar-refractivity contribution in [1.82, 2.24) is 0 Å². The second kappa shape index (κ2) is 5.89. The molecule has 18 heavy (non-hydrogen) atoms. The van der Waals surface area contributed by atoms with Crippen molar-refractivity contribution >= 4 is 5.71 Å². The van der Waals surface area contributed by atoms with E-state index in [9.17, 15) is 0 Å². The van der Waals surface area contributed by atoms with Gasteiger partial charge in [-0.1, -0.05) is 31.1 Å². The van der Waals surface area contributed by atoms with Gasteiger partial charge in [0.1, 0.15) is 5.75 Å². The summed E-state index contributed by atoms with van der Waals surface area (Å²) >= 11 is 0. The Balaban J connectivity index is 2.17. The van der Waals surface area contributed by atoms with Crippen LogP contribution in [-0.2, 0) is 6.42 Å². The first-order valence-electron chi connectivity index (χ1n) is 6.68. The van der Waals surface area contributed by atoms with E-state index < -0.39 is 0 Å². The first-order valence-corrected chi connectivity index (χ1v) is 6.68. The van der Waals surface area contributed by atoms with Crippen molar-refractivity contribution in [3.63, 3.8) is 0 Å². The molecule has 0 aromatic heterocycles. The molecule has 1 aromatic carbocycles. The number of oxime groups is 1. The summed E-state index contributed by atoms with van der Waals surface area (Å²) in [5, 5.41) is 12.4. The van der Waals surface area contributed by atoms with Crippen molar-refractivity contribution in [2.45, 2.75) is 39.5 Å². The molecule has 0 saturated carbocycles. The maximum atomic E-state index is 9.02. The van der Waals surface area contributed by atoms with Crippen LogP contribution in [0.2, 0.25) is 0 Å². The quantitative estimate of drug-likeness (QED) is 0.652. The Morgan fingerprint density at radius 2 is 2.17 bits per heavy atom. The maximum Gasteiger partial charge on any atom is 0.123 e. The summed E-state index contributed by atoms with van der Waals surface area (Å²) < 4.78 is 5.87. The summed E-state index contributed by atoms with van der Waals surface area (Å²) in [6.07, 6.45) is 3.94. The molecule has 0 radical (unpaired) electrons. The molecule has 3 heteroatoms. The summed E-state index contributed by atoms with van der Waals surface area (Å²) in [7, 11) is 0. The van der Waals surface area contributed by atoms with E-state index in [1.807, 2.05) is 18.2 Å². The number of benzene rings is 1. The van der Waals surface area contributed by atoms with Crippen molar-refractivity contribution < 1.29 is 9.94 Å². The zero-order chi connectivity index (χ0) is 13.0. The van der Waals surface area contributed by atoms with Gasteiger partial charge in [0.25, 0.3) is 0 Å². The van der Waals surface area contributed by atoms with Crippen molar-refractivity contribution in [2.24, 2.45) is 11.1 Å². The Morgan fingerprint density at radius 3 is 2.89 bits per heavy atom. The van der Waals surface area contributed by atoms with Gasteiger partial charge in [0.05, 0.1) is 12.3 Å². The van der Waals surface area contributed by atoms with E-state index in [0.29, 0.717) is 5.92 Å². The summed E-state index contributed by atoms with van der Waals surface area (Å²) in [6, 6.07) is 6.00. The van der Waals surface area contributed by atoms with E-state index in [4.69, 9.17) is 9.94 Å². The smallest absolute Gasteiger partial charge is 0.123 e. The molecular formula is C15H21NO2. The molecule has 0 atom stereocenters. The lowest BCUT2D eigenvalue weighted by atomic mass is 9.89. The monoisotopic (exact) mass is 247 g/mol. The van der Waals surface area contributed by atoms with Crippen LogP contribution in [0.3, 0.4) is 0 Å². The zero-order valence-corrected chi connectivity index (χ0v) is 11.1. The first-order chi connectivity index (χ1) is 8.72. The predicted octanol–water partition coefficient (Wildman–Crippen LogP) is 3.63. The normalized spacial score (nSPS) is 16.9. The van der Waals surface area contributed by atoms with Gasteiger partial charge in [-0.25, -0.2) is 0 Å². The fraction of sp³-hybridized carbons (Fsp3) is 0.533. The average Bonchev–Trinajstić information content (AvgIpc) is 2.38.